The molecule has 0 amide bonds. The molecule has 0 aromatic heterocycles. The predicted octanol–water partition coefficient (Wildman–Crippen LogP) is 5.77. The molecule has 1 nitrogen and oxygen atoms in total. The Bertz CT molecular complexity index is 344. The minimum absolute atomic E-state index is 0. The van der Waals surface area contributed by atoms with Crippen LogP contribution in [0.3, 0.4) is 0 Å². The average molecular weight is 326 g/mol. The maximum absolute atomic E-state index is 5.65. The van der Waals surface area contributed by atoms with Gasteiger partial charge in [-0.3, -0.25) is 0 Å². The van der Waals surface area contributed by atoms with Gasteiger partial charge in [0.25, 0.3) is 0 Å². The lowest BCUT2D eigenvalue weighted by atomic mass is 10.1. The van der Waals surface area contributed by atoms with Crippen molar-refractivity contribution in [3.05, 3.63) is 38.0 Å². The van der Waals surface area contributed by atoms with E-state index in [0.29, 0.717) is 16.7 Å². The minimum atomic E-state index is 0. The summed E-state index contributed by atoms with van der Waals surface area (Å²) in [6.45, 7) is 22.2. The lowest BCUT2D eigenvalue weighted by molar-refractivity contribution is 0.610. The van der Waals surface area contributed by atoms with Gasteiger partial charge in [0.1, 0.15) is 0 Å². The van der Waals surface area contributed by atoms with Gasteiger partial charge in [-0.2, -0.15) is 0 Å². The molecule has 0 aliphatic heterocycles. The zero-order chi connectivity index (χ0) is 16.5. The molecule has 3 saturated carbocycles. The molecule has 0 radical (unpaired) electrons. The summed E-state index contributed by atoms with van der Waals surface area (Å²) >= 11 is 0. The summed E-state index contributed by atoms with van der Waals surface area (Å²) < 4.78 is 0. The molecule has 0 aromatic rings. The zero-order valence-electron chi connectivity index (χ0n) is 15.2. The number of rotatable bonds is 3. The number of hydrogen-bond donors (Lipinski definition) is 1. The van der Waals surface area contributed by atoms with E-state index in [1.54, 1.807) is 0 Å². The summed E-state index contributed by atoms with van der Waals surface area (Å²) in [6, 6.07) is 0. The molecular weight excluding hydrogens is 290 g/mol. The van der Waals surface area contributed by atoms with Crippen LogP contribution >= 0.6 is 12.4 Å². The van der Waals surface area contributed by atoms with Crippen molar-refractivity contribution in [2.24, 2.45) is 34.3 Å². The summed E-state index contributed by atoms with van der Waals surface area (Å²) in [5, 5.41) is 0. The van der Waals surface area contributed by atoms with Gasteiger partial charge in [0, 0.05) is 5.54 Å². The van der Waals surface area contributed by atoms with Crippen molar-refractivity contribution in [3.63, 3.8) is 0 Å². The van der Waals surface area contributed by atoms with Gasteiger partial charge in [-0.1, -0.05) is 45.9 Å². The Morgan fingerprint density at radius 2 is 0.955 bits per heavy atom. The second-order valence-electron chi connectivity index (χ2n) is 8.62. The van der Waals surface area contributed by atoms with E-state index in [0.717, 1.165) is 18.3 Å². The van der Waals surface area contributed by atoms with Crippen molar-refractivity contribution in [3.8, 4) is 0 Å². The summed E-state index contributed by atoms with van der Waals surface area (Å²) in [7, 11) is 0. The van der Waals surface area contributed by atoms with E-state index in [1.807, 2.05) is 6.08 Å². The molecule has 1 unspecified atom stereocenters. The Hall–Kier alpha value is -0.530. The van der Waals surface area contributed by atoms with Crippen molar-refractivity contribution in [1.82, 2.24) is 0 Å². The standard InChI is InChI=1S/2C7H12.C6H11N.ClH/c2*1-4-6-5-7(6,2)3;1-3-5-4-6(5,2)7;/h2*4,6H,1,5H2,2-3H3;3,5H,1,4,7H2,2H3;1H/t6-;;5-,6+;/m0.0./s1. The lowest BCUT2D eigenvalue weighted by Gasteiger charge is -1.94. The van der Waals surface area contributed by atoms with E-state index in [1.165, 1.54) is 12.8 Å². The highest BCUT2D eigenvalue weighted by Gasteiger charge is 2.44. The van der Waals surface area contributed by atoms with Crippen molar-refractivity contribution < 1.29 is 0 Å². The third-order valence-electron chi connectivity index (χ3n) is 5.38. The molecule has 2 N–H and O–H groups in total. The number of halogens is 1. The Balaban J connectivity index is 0.000000294. The van der Waals surface area contributed by atoms with Crippen LogP contribution in [-0.2, 0) is 0 Å². The molecule has 0 heterocycles. The Kier molecular flexibility index (Phi) is 7.18. The van der Waals surface area contributed by atoms with Crippen LogP contribution in [0, 0.1) is 28.6 Å². The molecule has 0 spiro atoms. The van der Waals surface area contributed by atoms with Gasteiger partial charge in [0.05, 0.1) is 0 Å². The smallest absolute Gasteiger partial charge is 0.0196 e. The maximum atomic E-state index is 5.65. The summed E-state index contributed by atoms with van der Waals surface area (Å²) in [4.78, 5) is 0. The van der Waals surface area contributed by atoms with Crippen molar-refractivity contribution >= 4 is 12.4 Å². The van der Waals surface area contributed by atoms with Crippen LogP contribution < -0.4 is 5.73 Å². The molecule has 3 fully saturated rings. The highest BCUT2D eigenvalue weighted by atomic mass is 35.5. The van der Waals surface area contributed by atoms with E-state index in [2.05, 4.69) is 66.5 Å². The molecular formula is C20H36ClN. The minimum Gasteiger partial charge on any atom is -0.325 e. The molecule has 0 saturated heterocycles. The number of nitrogens with two attached hydrogens (primary N) is 1. The van der Waals surface area contributed by atoms with Gasteiger partial charge in [-0.05, 0) is 54.8 Å². The molecule has 2 heteroatoms. The molecule has 0 bridgehead atoms. The number of allylic oxidation sites excluding steroid dienone is 2. The molecule has 128 valence electrons. The predicted molar refractivity (Wildman–Crippen MR) is 102 cm³/mol. The van der Waals surface area contributed by atoms with E-state index in [9.17, 15) is 0 Å². The van der Waals surface area contributed by atoms with Gasteiger partial charge >= 0.3 is 0 Å². The van der Waals surface area contributed by atoms with E-state index >= 15 is 0 Å². The first-order valence-corrected chi connectivity index (χ1v) is 8.16. The van der Waals surface area contributed by atoms with Gasteiger partial charge in [0.2, 0.25) is 0 Å². The highest BCUT2D eigenvalue weighted by Crippen LogP contribution is 2.52. The molecule has 22 heavy (non-hydrogen) atoms. The van der Waals surface area contributed by atoms with Gasteiger partial charge in [0.15, 0.2) is 0 Å². The second-order valence-corrected chi connectivity index (χ2v) is 8.62. The fraction of sp³-hybridized carbons (Fsp3) is 0.700. The highest BCUT2D eigenvalue weighted by molar-refractivity contribution is 5.85. The normalized spacial score (nSPS) is 37.6. The van der Waals surface area contributed by atoms with Gasteiger partial charge in [-0.25, -0.2) is 0 Å². The molecule has 3 aliphatic rings. The Morgan fingerprint density at radius 1 is 0.727 bits per heavy atom. The molecule has 3 rings (SSSR count). The first-order valence-electron chi connectivity index (χ1n) is 8.16. The van der Waals surface area contributed by atoms with Gasteiger partial charge in [-0.15, -0.1) is 32.1 Å². The van der Waals surface area contributed by atoms with Crippen LogP contribution in [0.15, 0.2) is 38.0 Å². The summed E-state index contributed by atoms with van der Waals surface area (Å²) in [6.07, 6.45) is 9.85. The van der Waals surface area contributed by atoms with Crippen LogP contribution in [-0.4, -0.2) is 5.54 Å². The third-order valence-corrected chi connectivity index (χ3v) is 5.38. The van der Waals surface area contributed by atoms with Crippen molar-refractivity contribution in [1.29, 1.82) is 0 Å². The molecule has 3 aliphatic carbocycles. The first-order chi connectivity index (χ1) is 9.50. The fourth-order valence-corrected chi connectivity index (χ4v) is 2.59. The topological polar surface area (TPSA) is 26.0 Å². The monoisotopic (exact) mass is 325 g/mol. The fourth-order valence-electron chi connectivity index (χ4n) is 2.59. The molecule has 0 aromatic carbocycles. The van der Waals surface area contributed by atoms with Crippen LogP contribution in [0.25, 0.3) is 0 Å². The first kappa shape index (κ1) is 21.5. The average Bonchev–Trinajstić information content (AvgIpc) is 3.29. The van der Waals surface area contributed by atoms with Crippen LogP contribution in [0.1, 0.15) is 53.9 Å². The van der Waals surface area contributed by atoms with Crippen LogP contribution in [0.5, 0.6) is 0 Å². The van der Waals surface area contributed by atoms with Crippen LogP contribution in [0.4, 0.5) is 0 Å². The number of hydrogen-bond acceptors (Lipinski definition) is 1. The lowest BCUT2D eigenvalue weighted by Crippen LogP contribution is -2.18. The second kappa shape index (κ2) is 7.36. The maximum Gasteiger partial charge on any atom is 0.0196 e. The third kappa shape index (κ3) is 6.30. The van der Waals surface area contributed by atoms with Crippen molar-refractivity contribution in [2.75, 3.05) is 0 Å². The molecule has 4 atom stereocenters. The Labute approximate surface area is 144 Å². The van der Waals surface area contributed by atoms with E-state index in [4.69, 9.17) is 5.73 Å². The quantitative estimate of drug-likeness (QED) is 0.655. The summed E-state index contributed by atoms with van der Waals surface area (Å²) in [5.74, 6) is 2.22. The van der Waals surface area contributed by atoms with E-state index < -0.39 is 0 Å². The van der Waals surface area contributed by atoms with E-state index in [-0.39, 0.29) is 17.9 Å². The largest absolute Gasteiger partial charge is 0.325 e. The Morgan fingerprint density at radius 3 is 0.955 bits per heavy atom. The van der Waals surface area contributed by atoms with Crippen molar-refractivity contribution in [2.45, 2.75) is 59.4 Å². The van der Waals surface area contributed by atoms with Gasteiger partial charge < -0.3 is 5.73 Å². The van der Waals surface area contributed by atoms with Crippen LogP contribution in [0.2, 0.25) is 0 Å². The summed E-state index contributed by atoms with van der Waals surface area (Å²) in [5.41, 5.74) is 6.95. The SMILES string of the molecule is C=CC1CC1(C)C.C=C[C@H]1CC1(C)C.C=C[C@H]1C[C@@]1(C)N.Cl. The zero-order valence-corrected chi connectivity index (χ0v) is 16.0.